The van der Waals surface area contributed by atoms with Crippen molar-refractivity contribution in [2.75, 3.05) is 6.54 Å². The predicted molar refractivity (Wildman–Crippen MR) is 119 cm³/mol. The quantitative estimate of drug-likeness (QED) is 0.449. The molecule has 0 fully saturated rings. The lowest BCUT2D eigenvalue weighted by atomic mass is 10.0. The highest BCUT2D eigenvalue weighted by Gasteiger charge is 2.22. The summed E-state index contributed by atoms with van der Waals surface area (Å²) in [4.78, 5) is 26.0. The molecule has 29 heavy (non-hydrogen) atoms. The van der Waals surface area contributed by atoms with E-state index in [2.05, 4.69) is 55.2 Å². The maximum Gasteiger partial charge on any atom is 0.254 e. The molecule has 0 atom stereocenters. The van der Waals surface area contributed by atoms with E-state index in [0.29, 0.717) is 23.8 Å². The summed E-state index contributed by atoms with van der Waals surface area (Å²) < 4.78 is 1.06. The second kappa shape index (κ2) is 7.44. The Morgan fingerprint density at radius 1 is 1.17 bits per heavy atom. The Hall–Kier alpha value is -2.41. The van der Waals surface area contributed by atoms with Crippen LogP contribution in [0.3, 0.4) is 0 Å². The standard InChI is InChI=1S/C22H18BrClN4O/c23-15-3-6-17-14(10-25-19(17)9-15)11-28-8-7-18-20(12-28)26-21(27-22(18)29)13-1-4-16(24)5-2-13/h1-6,9-10,25H,7-8,11-12H2,(H,26,27,29). The SMILES string of the molecule is O=c1[nH]c(-c2ccc(Cl)cc2)nc2c1CCN(Cc1c[nH]c3cc(Br)ccc13)C2. The lowest BCUT2D eigenvalue weighted by Gasteiger charge is -2.27. The van der Waals surface area contributed by atoms with Crippen LogP contribution in [0, 0.1) is 0 Å². The van der Waals surface area contributed by atoms with Crippen LogP contribution in [0.5, 0.6) is 0 Å². The van der Waals surface area contributed by atoms with Gasteiger partial charge in [-0.3, -0.25) is 9.69 Å². The van der Waals surface area contributed by atoms with Gasteiger partial charge in [-0.05, 0) is 48.4 Å². The fraction of sp³-hybridized carbons (Fsp3) is 0.182. The van der Waals surface area contributed by atoms with Crippen molar-refractivity contribution in [2.45, 2.75) is 19.5 Å². The molecule has 2 N–H and O–H groups in total. The van der Waals surface area contributed by atoms with Crippen LogP contribution in [0.15, 0.2) is 57.9 Å². The first-order chi connectivity index (χ1) is 14.1. The average molecular weight is 470 g/mol. The van der Waals surface area contributed by atoms with Crippen molar-refractivity contribution in [3.8, 4) is 11.4 Å². The summed E-state index contributed by atoms with van der Waals surface area (Å²) in [6.07, 6.45) is 2.77. The first kappa shape index (κ1) is 18.6. The molecule has 2 aromatic carbocycles. The van der Waals surface area contributed by atoms with Gasteiger partial charge in [-0.1, -0.05) is 33.6 Å². The summed E-state index contributed by atoms with van der Waals surface area (Å²) in [5.41, 5.74) is 4.82. The van der Waals surface area contributed by atoms with E-state index in [0.717, 1.165) is 39.9 Å². The highest BCUT2D eigenvalue weighted by Crippen LogP contribution is 2.26. The van der Waals surface area contributed by atoms with Gasteiger partial charge in [-0.25, -0.2) is 4.98 Å². The summed E-state index contributed by atoms with van der Waals surface area (Å²) >= 11 is 9.49. The van der Waals surface area contributed by atoms with E-state index in [1.165, 1.54) is 10.9 Å². The third kappa shape index (κ3) is 3.64. The second-order valence-electron chi connectivity index (χ2n) is 7.31. The lowest BCUT2D eigenvalue weighted by molar-refractivity contribution is 0.241. The maximum atomic E-state index is 12.6. The second-order valence-corrected chi connectivity index (χ2v) is 8.66. The number of H-pyrrole nitrogens is 2. The van der Waals surface area contributed by atoms with Gasteiger partial charge in [0, 0.05) is 57.4 Å². The molecule has 0 aliphatic carbocycles. The van der Waals surface area contributed by atoms with Gasteiger partial charge in [-0.15, -0.1) is 0 Å². The molecule has 5 nitrogen and oxygen atoms in total. The molecule has 5 rings (SSSR count). The molecule has 2 aromatic heterocycles. The molecular formula is C22H18BrClN4O. The predicted octanol–water partition coefficient (Wildman–Crippen LogP) is 4.89. The number of nitrogens with zero attached hydrogens (tertiary/aromatic N) is 2. The molecule has 1 aliphatic rings. The van der Waals surface area contributed by atoms with Crippen molar-refractivity contribution in [1.29, 1.82) is 0 Å². The van der Waals surface area contributed by atoms with Gasteiger partial charge >= 0.3 is 0 Å². The minimum atomic E-state index is -0.0449. The largest absolute Gasteiger partial charge is 0.361 e. The molecule has 1 aliphatic heterocycles. The third-order valence-electron chi connectivity index (χ3n) is 5.39. The summed E-state index contributed by atoms with van der Waals surface area (Å²) in [6, 6.07) is 13.6. The van der Waals surface area contributed by atoms with Gasteiger partial charge in [0.25, 0.3) is 5.56 Å². The summed E-state index contributed by atoms with van der Waals surface area (Å²) in [7, 11) is 0. The number of nitrogens with one attached hydrogen (secondary N) is 2. The molecule has 0 saturated heterocycles. The highest BCUT2D eigenvalue weighted by molar-refractivity contribution is 9.10. The fourth-order valence-corrected chi connectivity index (χ4v) is 4.39. The molecule has 0 bridgehead atoms. The van der Waals surface area contributed by atoms with E-state index in [9.17, 15) is 4.79 Å². The van der Waals surface area contributed by atoms with Crippen molar-refractivity contribution in [2.24, 2.45) is 0 Å². The normalized spacial score (nSPS) is 14.3. The van der Waals surface area contributed by atoms with Gasteiger partial charge < -0.3 is 9.97 Å². The van der Waals surface area contributed by atoms with E-state index in [1.54, 1.807) is 12.1 Å². The molecule has 0 amide bonds. The van der Waals surface area contributed by atoms with Crippen molar-refractivity contribution >= 4 is 38.4 Å². The molecule has 146 valence electrons. The highest BCUT2D eigenvalue weighted by atomic mass is 79.9. The van der Waals surface area contributed by atoms with E-state index in [1.807, 2.05) is 12.1 Å². The van der Waals surface area contributed by atoms with Crippen LogP contribution >= 0.6 is 27.5 Å². The number of hydrogen-bond donors (Lipinski definition) is 2. The molecule has 3 heterocycles. The summed E-state index contributed by atoms with van der Waals surface area (Å²) in [6.45, 7) is 2.30. The minimum Gasteiger partial charge on any atom is -0.361 e. The lowest BCUT2D eigenvalue weighted by Crippen LogP contribution is -2.35. The van der Waals surface area contributed by atoms with Crippen LogP contribution in [0.2, 0.25) is 5.02 Å². The average Bonchev–Trinajstić information content (AvgIpc) is 3.10. The van der Waals surface area contributed by atoms with E-state index < -0.39 is 0 Å². The van der Waals surface area contributed by atoms with E-state index in [4.69, 9.17) is 16.6 Å². The van der Waals surface area contributed by atoms with Gasteiger partial charge in [0.2, 0.25) is 0 Å². The van der Waals surface area contributed by atoms with Crippen LogP contribution in [-0.2, 0) is 19.5 Å². The molecule has 7 heteroatoms. The van der Waals surface area contributed by atoms with Crippen LogP contribution in [0.4, 0.5) is 0 Å². The van der Waals surface area contributed by atoms with Crippen molar-refractivity contribution in [3.05, 3.63) is 85.3 Å². The summed E-state index contributed by atoms with van der Waals surface area (Å²) in [5.74, 6) is 0.587. The van der Waals surface area contributed by atoms with Gasteiger partial charge in [0.1, 0.15) is 5.82 Å². The van der Waals surface area contributed by atoms with Crippen LogP contribution in [-0.4, -0.2) is 26.4 Å². The number of benzene rings is 2. The monoisotopic (exact) mass is 468 g/mol. The number of aromatic nitrogens is 3. The minimum absolute atomic E-state index is 0.0449. The molecule has 0 spiro atoms. The number of rotatable bonds is 3. The molecule has 0 unspecified atom stereocenters. The Balaban J connectivity index is 1.43. The van der Waals surface area contributed by atoms with Gasteiger partial charge in [-0.2, -0.15) is 0 Å². The number of fused-ring (bicyclic) bond motifs is 2. The van der Waals surface area contributed by atoms with Crippen molar-refractivity contribution in [3.63, 3.8) is 0 Å². The first-order valence-corrected chi connectivity index (χ1v) is 10.6. The topological polar surface area (TPSA) is 64.8 Å². The molecule has 4 aromatic rings. The molecule has 0 saturated carbocycles. The fourth-order valence-electron chi connectivity index (χ4n) is 3.90. The van der Waals surface area contributed by atoms with Crippen LogP contribution in [0.1, 0.15) is 16.8 Å². The number of hydrogen-bond acceptors (Lipinski definition) is 3. The van der Waals surface area contributed by atoms with Crippen molar-refractivity contribution in [1.82, 2.24) is 19.9 Å². The third-order valence-corrected chi connectivity index (χ3v) is 6.14. The van der Waals surface area contributed by atoms with E-state index in [-0.39, 0.29) is 5.56 Å². The Kier molecular flexibility index (Phi) is 4.78. The van der Waals surface area contributed by atoms with Gasteiger partial charge in [0.05, 0.1) is 5.69 Å². The Labute approximate surface area is 180 Å². The Morgan fingerprint density at radius 2 is 2.00 bits per heavy atom. The first-order valence-electron chi connectivity index (χ1n) is 9.43. The maximum absolute atomic E-state index is 12.6. The zero-order chi connectivity index (χ0) is 20.0. The molecule has 0 radical (unpaired) electrons. The zero-order valence-electron chi connectivity index (χ0n) is 15.5. The van der Waals surface area contributed by atoms with Gasteiger partial charge in [0.15, 0.2) is 0 Å². The number of aromatic amines is 2. The van der Waals surface area contributed by atoms with Crippen LogP contribution < -0.4 is 5.56 Å². The molecular weight excluding hydrogens is 452 g/mol. The van der Waals surface area contributed by atoms with Crippen LogP contribution in [0.25, 0.3) is 22.3 Å². The van der Waals surface area contributed by atoms with E-state index >= 15 is 0 Å². The van der Waals surface area contributed by atoms with Crippen molar-refractivity contribution < 1.29 is 0 Å². The summed E-state index contributed by atoms with van der Waals surface area (Å²) in [5, 5.41) is 1.88. The number of halogens is 2. The zero-order valence-corrected chi connectivity index (χ0v) is 17.8. The smallest absolute Gasteiger partial charge is 0.254 e. The Bertz CT molecular complexity index is 1260. The Morgan fingerprint density at radius 3 is 2.83 bits per heavy atom.